The van der Waals surface area contributed by atoms with Crippen molar-refractivity contribution in [3.05, 3.63) is 36.4 Å². The van der Waals surface area contributed by atoms with Gasteiger partial charge in [0, 0.05) is 12.6 Å². The maximum atomic E-state index is 12.5. The lowest BCUT2D eigenvalue weighted by atomic mass is 10.1. The lowest BCUT2D eigenvalue weighted by Crippen LogP contribution is -2.43. The van der Waals surface area contributed by atoms with Gasteiger partial charge in [-0.2, -0.15) is 0 Å². The summed E-state index contributed by atoms with van der Waals surface area (Å²) in [6.07, 6.45) is 0.498. The summed E-state index contributed by atoms with van der Waals surface area (Å²) < 4.78 is 34.2. The molecular weight excluding hydrogens is 354 g/mol. The van der Waals surface area contributed by atoms with E-state index in [0.717, 1.165) is 16.5 Å². The highest BCUT2D eigenvalue weighted by molar-refractivity contribution is 7.91. The van der Waals surface area contributed by atoms with Gasteiger partial charge >= 0.3 is 0 Å². The van der Waals surface area contributed by atoms with E-state index >= 15 is 0 Å². The molecule has 0 aromatic heterocycles. The summed E-state index contributed by atoms with van der Waals surface area (Å²) in [5, 5.41) is 2.01. The van der Waals surface area contributed by atoms with Crippen LogP contribution in [0.4, 0.5) is 0 Å². The molecule has 0 unspecified atom stereocenters. The van der Waals surface area contributed by atoms with Crippen molar-refractivity contribution in [3.63, 3.8) is 0 Å². The van der Waals surface area contributed by atoms with Crippen LogP contribution >= 0.6 is 0 Å². The van der Waals surface area contributed by atoms with Crippen LogP contribution in [0.3, 0.4) is 0 Å². The van der Waals surface area contributed by atoms with Gasteiger partial charge in [0.05, 0.1) is 18.6 Å². The third-order valence-corrected chi connectivity index (χ3v) is 6.44. The van der Waals surface area contributed by atoms with E-state index in [-0.39, 0.29) is 30.1 Å². The average Bonchev–Trinajstić information content (AvgIpc) is 2.99. The predicted molar refractivity (Wildman–Crippen MR) is 100 cm³/mol. The molecule has 140 valence electrons. The van der Waals surface area contributed by atoms with Gasteiger partial charge in [0.2, 0.25) is 0 Å². The Morgan fingerprint density at radius 3 is 2.46 bits per heavy atom. The van der Waals surface area contributed by atoms with Crippen LogP contribution in [0.2, 0.25) is 0 Å². The lowest BCUT2D eigenvalue weighted by molar-refractivity contribution is -0.135. The number of amides is 1. The molecule has 1 aliphatic rings. The molecule has 2 aromatic carbocycles. The molecule has 3 rings (SSSR count). The van der Waals surface area contributed by atoms with Crippen molar-refractivity contribution in [1.29, 1.82) is 0 Å². The molecule has 1 aliphatic heterocycles. The molecule has 0 aliphatic carbocycles. The minimum absolute atomic E-state index is 0.0440. The maximum Gasteiger partial charge on any atom is 0.260 e. The second-order valence-electron chi connectivity index (χ2n) is 6.40. The van der Waals surface area contributed by atoms with Gasteiger partial charge in [-0.1, -0.05) is 12.1 Å². The second kappa shape index (κ2) is 7.53. The molecule has 26 heavy (non-hydrogen) atoms. The molecule has 0 saturated carbocycles. The second-order valence-corrected chi connectivity index (χ2v) is 8.63. The fraction of sp³-hybridized carbons (Fsp3) is 0.421. The van der Waals surface area contributed by atoms with Gasteiger partial charge < -0.3 is 14.4 Å². The number of carbonyl (C=O) groups is 1. The zero-order chi connectivity index (χ0) is 18.7. The summed E-state index contributed by atoms with van der Waals surface area (Å²) in [7, 11) is -1.41. The molecule has 0 radical (unpaired) electrons. The number of rotatable bonds is 6. The van der Waals surface area contributed by atoms with Crippen molar-refractivity contribution in [2.75, 3.05) is 31.8 Å². The van der Waals surface area contributed by atoms with Gasteiger partial charge in [-0.25, -0.2) is 8.42 Å². The SMILES string of the molecule is CCN(C(=O)COc1ccc2ccc(OC)cc2c1)[C@H]1CCS(=O)(=O)C1. The van der Waals surface area contributed by atoms with E-state index in [9.17, 15) is 13.2 Å². The molecule has 6 nitrogen and oxygen atoms in total. The molecule has 0 N–H and O–H groups in total. The van der Waals surface area contributed by atoms with Crippen LogP contribution in [0, 0.1) is 0 Å². The summed E-state index contributed by atoms with van der Waals surface area (Å²) in [6, 6.07) is 11.1. The number of hydrogen-bond acceptors (Lipinski definition) is 5. The number of nitrogens with zero attached hydrogens (tertiary/aromatic N) is 1. The highest BCUT2D eigenvalue weighted by Crippen LogP contribution is 2.25. The quantitative estimate of drug-likeness (QED) is 0.772. The van der Waals surface area contributed by atoms with Crippen LogP contribution in [-0.4, -0.2) is 57.0 Å². The summed E-state index contributed by atoms with van der Waals surface area (Å²) in [5.74, 6) is 1.34. The fourth-order valence-corrected chi connectivity index (χ4v) is 5.04. The normalized spacial score (nSPS) is 18.6. The first-order valence-corrected chi connectivity index (χ1v) is 10.4. The van der Waals surface area contributed by atoms with Crippen LogP contribution in [-0.2, 0) is 14.6 Å². The summed E-state index contributed by atoms with van der Waals surface area (Å²) in [6.45, 7) is 2.21. The first-order chi connectivity index (χ1) is 12.4. The Balaban J connectivity index is 1.67. The number of likely N-dealkylation sites (N-methyl/N-ethyl adjacent to an activating group) is 1. The van der Waals surface area contributed by atoms with Crippen LogP contribution < -0.4 is 9.47 Å². The van der Waals surface area contributed by atoms with Crippen LogP contribution in [0.1, 0.15) is 13.3 Å². The smallest absolute Gasteiger partial charge is 0.260 e. The largest absolute Gasteiger partial charge is 0.497 e. The Hall–Kier alpha value is -2.28. The predicted octanol–water partition coefficient (Wildman–Crippen LogP) is 2.26. The Labute approximate surface area is 153 Å². The number of sulfone groups is 1. The van der Waals surface area contributed by atoms with Crippen molar-refractivity contribution in [3.8, 4) is 11.5 Å². The Morgan fingerprint density at radius 1 is 1.15 bits per heavy atom. The zero-order valence-electron chi connectivity index (χ0n) is 15.0. The van der Waals surface area contributed by atoms with Gasteiger partial charge in [0.15, 0.2) is 16.4 Å². The molecule has 0 spiro atoms. The van der Waals surface area contributed by atoms with Gasteiger partial charge in [-0.05, 0) is 48.4 Å². The molecule has 1 saturated heterocycles. The number of ether oxygens (including phenoxy) is 2. The minimum atomic E-state index is -3.03. The van der Waals surface area contributed by atoms with E-state index < -0.39 is 9.84 Å². The molecule has 1 heterocycles. The molecule has 2 aromatic rings. The van der Waals surface area contributed by atoms with E-state index in [2.05, 4.69) is 0 Å². The zero-order valence-corrected chi connectivity index (χ0v) is 15.8. The summed E-state index contributed by atoms with van der Waals surface area (Å²) >= 11 is 0. The monoisotopic (exact) mass is 377 g/mol. The third-order valence-electron chi connectivity index (χ3n) is 4.69. The topological polar surface area (TPSA) is 72.9 Å². The van der Waals surface area contributed by atoms with Gasteiger partial charge in [0.25, 0.3) is 5.91 Å². The fourth-order valence-electron chi connectivity index (χ4n) is 3.31. The summed E-state index contributed by atoms with van der Waals surface area (Å²) in [5.41, 5.74) is 0. The number of benzene rings is 2. The average molecular weight is 377 g/mol. The highest BCUT2D eigenvalue weighted by atomic mass is 32.2. The standard InChI is InChI=1S/C19H23NO5S/c1-3-20(16-8-9-26(22,23)13-16)19(21)12-25-18-7-5-14-4-6-17(24-2)10-15(14)11-18/h4-7,10-11,16H,3,8-9,12-13H2,1-2H3/t16-/m0/s1. The molecular formula is C19H23NO5S. The Kier molecular flexibility index (Phi) is 5.36. The number of fused-ring (bicyclic) bond motifs is 1. The van der Waals surface area contributed by atoms with Crippen molar-refractivity contribution in [1.82, 2.24) is 4.90 Å². The Morgan fingerprint density at radius 2 is 1.85 bits per heavy atom. The number of hydrogen-bond donors (Lipinski definition) is 0. The number of methoxy groups -OCH3 is 1. The minimum Gasteiger partial charge on any atom is -0.497 e. The first-order valence-electron chi connectivity index (χ1n) is 8.62. The summed E-state index contributed by atoms with van der Waals surface area (Å²) in [4.78, 5) is 14.1. The van der Waals surface area contributed by atoms with Crippen LogP contribution in [0.15, 0.2) is 36.4 Å². The lowest BCUT2D eigenvalue weighted by Gasteiger charge is -2.26. The molecule has 0 bridgehead atoms. The van der Waals surface area contributed by atoms with Crippen molar-refractivity contribution in [2.45, 2.75) is 19.4 Å². The van der Waals surface area contributed by atoms with E-state index in [4.69, 9.17) is 9.47 Å². The molecule has 1 amide bonds. The highest BCUT2D eigenvalue weighted by Gasteiger charge is 2.33. The molecule has 1 fully saturated rings. The third kappa shape index (κ3) is 4.09. The van der Waals surface area contributed by atoms with E-state index in [1.54, 1.807) is 12.0 Å². The van der Waals surface area contributed by atoms with Gasteiger partial charge in [0.1, 0.15) is 11.5 Å². The Bertz CT molecular complexity index is 909. The number of carbonyl (C=O) groups excluding carboxylic acids is 1. The van der Waals surface area contributed by atoms with Crippen LogP contribution in [0.5, 0.6) is 11.5 Å². The maximum absolute atomic E-state index is 12.5. The first kappa shape index (κ1) is 18.5. The molecule has 7 heteroatoms. The van der Waals surface area contributed by atoms with Gasteiger partial charge in [-0.15, -0.1) is 0 Å². The van der Waals surface area contributed by atoms with Crippen LogP contribution in [0.25, 0.3) is 10.8 Å². The van der Waals surface area contributed by atoms with E-state index in [0.29, 0.717) is 18.7 Å². The van der Waals surface area contributed by atoms with Gasteiger partial charge in [-0.3, -0.25) is 4.79 Å². The van der Waals surface area contributed by atoms with Crippen molar-refractivity contribution < 1.29 is 22.7 Å². The van der Waals surface area contributed by atoms with E-state index in [1.165, 1.54) is 0 Å². The van der Waals surface area contributed by atoms with E-state index in [1.807, 2.05) is 43.3 Å². The van der Waals surface area contributed by atoms with Crippen molar-refractivity contribution >= 4 is 26.5 Å². The van der Waals surface area contributed by atoms with Crippen molar-refractivity contribution in [2.24, 2.45) is 0 Å². The molecule has 1 atom stereocenters.